The van der Waals surface area contributed by atoms with Gasteiger partial charge in [0.2, 0.25) is 0 Å². The van der Waals surface area contributed by atoms with E-state index >= 15 is 0 Å². The molecule has 0 bridgehead atoms. The number of likely N-dealkylation sites (N-methyl/N-ethyl adjacent to an activating group) is 1. The van der Waals surface area contributed by atoms with Crippen LogP contribution >= 0.6 is 0 Å². The first-order valence-electron chi connectivity index (χ1n) is 8.13. The molecule has 1 saturated heterocycles. The monoisotopic (exact) mass is 291 g/mol. The molecule has 0 spiro atoms. The van der Waals surface area contributed by atoms with Crippen molar-refractivity contribution in [2.24, 2.45) is 0 Å². The highest BCUT2D eigenvalue weighted by molar-refractivity contribution is 5.59. The molecule has 1 N–H and O–H groups in total. The molecule has 0 amide bonds. The zero-order valence-corrected chi connectivity index (χ0v) is 14.1. The molecule has 2 heterocycles. The van der Waals surface area contributed by atoms with Crippen molar-refractivity contribution in [1.82, 2.24) is 14.9 Å². The summed E-state index contributed by atoms with van der Waals surface area (Å²) in [7, 11) is 2.20. The van der Waals surface area contributed by atoms with Crippen molar-refractivity contribution in [3.63, 3.8) is 0 Å². The average molecular weight is 291 g/mol. The minimum absolute atomic E-state index is 0.477. The van der Waals surface area contributed by atoms with Gasteiger partial charge in [-0.1, -0.05) is 6.92 Å². The van der Waals surface area contributed by atoms with E-state index in [0.29, 0.717) is 6.04 Å². The molecular weight excluding hydrogens is 262 g/mol. The van der Waals surface area contributed by atoms with E-state index < -0.39 is 0 Å². The quantitative estimate of drug-likeness (QED) is 0.922. The van der Waals surface area contributed by atoms with Crippen LogP contribution in [0.25, 0.3) is 0 Å². The summed E-state index contributed by atoms with van der Waals surface area (Å²) in [4.78, 5) is 14.3. The molecule has 0 saturated carbocycles. The fourth-order valence-corrected chi connectivity index (χ4v) is 3.01. The van der Waals surface area contributed by atoms with Crippen molar-refractivity contribution in [3.8, 4) is 0 Å². The van der Waals surface area contributed by atoms with E-state index in [1.807, 2.05) is 0 Å². The van der Waals surface area contributed by atoms with Crippen LogP contribution in [0.5, 0.6) is 0 Å². The second kappa shape index (κ2) is 7.07. The molecule has 1 atom stereocenters. The minimum atomic E-state index is 0.477. The van der Waals surface area contributed by atoms with Gasteiger partial charge in [-0.3, -0.25) is 0 Å². The maximum atomic E-state index is 4.83. The summed E-state index contributed by atoms with van der Waals surface area (Å²) in [5.41, 5.74) is 1.17. The van der Waals surface area contributed by atoms with Gasteiger partial charge in [-0.05, 0) is 40.8 Å². The number of hydrogen-bond acceptors (Lipinski definition) is 5. The normalized spacial score (nSPS) is 20.4. The minimum Gasteiger partial charge on any atom is -0.370 e. The predicted molar refractivity (Wildman–Crippen MR) is 89.2 cm³/mol. The van der Waals surface area contributed by atoms with Crippen molar-refractivity contribution in [3.05, 3.63) is 11.4 Å². The standard InChI is InChI=1S/C16H29N5/c1-6-14-18-15(17-7-2)13(4)16(19-14)21-10-8-9-20(5)11-12(21)3/h12H,6-11H2,1-5H3,(H,17,18,19). The van der Waals surface area contributed by atoms with Gasteiger partial charge in [0.25, 0.3) is 0 Å². The van der Waals surface area contributed by atoms with Crippen LogP contribution in [0.1, 0.15) is 38.6 Å². The molecule has 1 unspecified atom stereocenters. The molecule has 21 heavy (non-hydrogen) atoms. The molecule has 1 aromatic heterocycles. The highest BCUT2D eigenvalue weighted by Crippen LogP contribution is 2.26. The van der Waals surface area contributed by atoms with Crippen LogP contribution in [0.15, 0.2) is 0 Å². The summed E-state index contributed by atoms with van der Waals surface area (Å²) in [5, 5.41) is 3.38. The van der Waals surface area contributed by atoms with Gasteiger partial charge in [0, 0.05) is 37.7 Å². The summed E-state index contributed by atoms with van der Waals surface area (Å²) in [6.45, 7) is 12.8. The van der Waals surface area contributed by atoms with Crippen LogP contribution in [0.3, 0.4) is 0 Å². The lowest BCUT2D eigenvalue weighted by atomic mass is 10.2. The van der Waals surface area contributed by atoms with Crippen molar-refractivity contribution in [2.45, 2.75) is 46.6 Å². The van der Waals surface area contributed by atoms with Crippen molar-refractivity contribution in [1.29, 1.82) is 0 Å². The van der Waals surface area contributed by atoms with Gasteiger partial charge in [-0.15, -0.1) is 0 Å². The third kappa shape index (κ3) is 3.64. The SMILES string of the molecule is CCNc1nc(CC)nc(N2CCCN(C)CC2C)c1C. The van der Waals surface area contributed by atoms with Crippen molar-refractivity contribution < 1.29 is 0 Å². The first-order valence-corrected chi connectivity index (χ1v) is 8.13. The van der Waals surface area contributed by atoms with Crippen molar-refractivity contribution >= 4 is 11.6 Å². The summed E-state index contributed by atoms with van der Waals surface area (Å²) in [5.74, 6) is 3.03. The van der Waals surface area contributed by atoms with E-state index in [2.05, 4.69) is 54.8 Å². The Labute approximate surface area is 128 Å². The highest BCUT2D eigenvalue weighted by Gasteiger charge is 2.24. The van der Waals surface area contributed by atoms with Gasteiger partial charge in [0.05, 0.1) is 0 Å². The van der Waals surface area contributed by atoms with Crippen LogP contribution in [-0.4, -0.2) is 54.1 Å². The van der Waals surface area contributed by atoms with Crippen LogP contribution < -0.4 is 10.2 Å². The second-order valence-corrected chi connectivity index (χ2v) is 5.98. The van der Waals surface area contributed by atoms with Gasteiger partial charge in [0.1, 0.15) is 17.5 Å². The number of rotatable bonds is 4. The molecule has 1 aliphatic heterocycles. The Kier molecular flexibility index (Phi) is 5.39. The molecule has 0 aromatic carbocycles. The molecule has 5 nitrogen and oxygen atoms in total. The number of anilines is 2. The highest BCUT2D eigenvalue weighted by atomic mass is 15.3. The maximum Gasteiger partial charge on any atom is 0.137 e. The molecule has 2 rings (SSSR count). The average Bonchev–Trinajstić information content (AvgIpc) is 2.62. The summed E-state index contributed by atoms with van der Waals surface area (Å²) >= 11 is 0. The van der Waals surface area contributed by atoms with Gasteiger partial charge in [-0.25, -0.2) is 9.97 Å². The number of nitrogens with one attached hydrogen (secondary N) is 1. The smallest absolute Gasteiger partial charge is 0.137 e. The largest absolute Gasteiger partial charge is 0.370 e. The molecule has 1 aliphatic rings. The van der Waals surface area contributed by atoms with E-state index in [1.54, 1.807) is 0 Å². The van der Waals surface area contributed by atoms with E-state index in [-0.39, 0.29) is 0 Å². The number of nitrogens with zero attached hydrogens (tertiary/aromatic N) is 4. The molecule has 0 aliphatic carbocycles. The maximum absolute atomic E-state index is 4.83. The number of hydrogen-bond donors (Lipinski definition) is 1. The first kappa shape index (κ1) is 16.0. The van der Waals surface area contributed by atoms with Gasteiger partial charge in [0.15, 0.2) is 0 Å². The third-order valence-corrected chi connectivity index (χ3v) is 4.15. The van der Waals surface area contributed by atoms with Gasteiger partial charge < -0.3 is 15.1 Å². The molecule has 1 aromatic rings. The zero-order chi connectivity index (χ0) is 15.4. The Morgan fingerprint density at radius 3 is 2.67 bits per heavy atom. The van der Waals surface area contributed by atoms with Crippen LogP contribution in [0.2, 0.25) is 0 Å². The molecular formula is C16H29N5. The van der Waals surface area contributed by atoms with Crippen LogP contribution in [-0.2, 0) is 6.42 Å². The van der Waals surface area contributed by atoms with Gasteiger partial charge in [-0.2, -0.15) is 0 Å². The molecule has 118 valence electrons. The third-order valence-electron chi connectivity index (χ3n) is 4.15. The van der Waals surface area contributed by atoms with Crippen LogP contribution in [0, 0.1) is 6.92 Å². The fourth-order valence-electron chi connectivity index (χ4n) is 3.01. The Bertz CT molecular complexity index is 474. The Balaban J connectivity index is 2.38. The topological polar surface area (TPSA) is 44.3 Å². The summed E-state index contributed by atoms with van der Waals surface area (Å²) in [6, 6.07) is 0.477. The lowest BCUT2D eigenvalue weighted by Gasteiger charge is -2.31. The van der Waals surface area contributed by atoms with Crippen LogP contribution in [0.4, 0.5) is 11.6 Å². The summed E-state index contributed by atoms with van der Waals surface area (Å²) in [6.07, 6.45) is 2.05. The second-order valence-electron chi connectivity index (χ2n) is 5.98. The van der Waals surface area contributed by atoms with Crippen molar-refractivity contribution in [2.75, 3.05) is 43.4 Å². The first-order chi connectivity index (χ1) is 10.1. The Hall–Kier alpha value is -1.36. The van der Waals surface area contributed by atoms with E-state index in [0.717, 1.165) is 50.1 Å². The van der Waals surface area contributed by atoms with E-state index in [1.165, 1.54) is 12.0 Å². The summed E-state index contributed by atoms with van der Waals surface area (Å²) < 4.78 is 0. The lowest BCUT2D eigenvalue weighted by molar-refractivity contribution is 0.337. The van der Waals surface area contributed by atoms with E-state index in [9.17, 15) is 0 Å². The molecule has 5 heteroatoms. The molecule has 1 fully saturated rings. The van der Waals surface area contributed by atoms with Gasteiger partial charge >= 0.3 is 0 Å². The number of aromatic nitrogens is 2. The zero-order valence-electron chi connectivity index (χ0n) is 14.1. The fraction of sp³-hybridized carbons (Fsp3) is 0.750. The Morgan fingerprint density at radius 1 is 1.24 bits per heavy atom. The lowest BCUT2D eigenvalue weighted by Crippen LogP contribution is -2.39. The Morgan fingerprint density at radius 2 is 2.00 bits per heavy atom. The predicted octanol–water partition coefficient (Wildman–Crippen LogP) is 2.31. The molecule has 0 radical (unpaired) electrons. The van der Waals surface area contributed by atoms with E-state index in [4.69, 9.17) is 4.98 Å². The number of aryl methyl sites for hydroxylation is 1.